The van der Waals surface area contributed by atoms with E-state index in [-0.39, 0.29) is 48.0 Å². The highest BCUT2D eigenvalue weighted by Gasteiger charge is 2.37. The molecule has 0 saturated carbocycles. The second-order valence-corrected chi connectivity index (χ2v) is 6.07. The first-order valence-corrected chi connectivity index (χ1v) is 7.20. The van der Waals surface area contributed by atoms with Crippen molar-refractivity contribution in [2.75, 3.05) is 5.73 Å². The molecule has 0 amide bonds. The largest absolute Gasteiger partial charge is 0.397 e. The lowest BCUT2D eigenvalue weighted by Crippen LogP contribution is -2.24. The Bertz CT molecular complexity index is 846. The number of halogens is 4. The summed E-state index contributed by atoms with van der Waals surface area (Å²) in [4.78, 5) is 25.3. The summed E-state index contributed by atoms with van der Waals surface area (Å²) in [5, 5.41) is 0.391. The van der Waals surface area contributed by atoms with Crippen LogP contribution in [0.25, 0.3) is 0 Å². The highest BCUT2D eigenvalue weighted by molar-refractivity contribution is 6.47. The van der Waals surface area contributed by atoms with E-state index in [2.05, 4.69) is 0 Å². The minimum Gasteiger partial charge on any atom is -0.397 e. The lowest BCUT2D eigenvalue weighted by atomic mass is 9.83. The van der Waals surface area contributed by atoms with Gasteiger partial charge in [0.15, 0.2) is 11.6 Å². The first-order chi connectivity index (χ1) is 9.84. The maximum Gasteiger partial charge on any atom is 0.198 e. The summed E-state index contributed by atoms with van der Waals surface area (Å²) in [6.45, 7) is 0. The summed E-state index contributed by atoms with van der Waals surface area (Å²) >= 11 is 24.0. The normalized spacial score (nSPS) is 13.1. The molecule has 2 aromatic carbocycles. The predicted molar refractivity (Wildman–Crippen MR) is 84.2 cm³/mol. The van der Waals surface area contributed by atoms with Crippen LogP contribution >= 0.6 is 46.4 Å². The molecule has 0 fully saturated rings. The van der Waals surface area contributed by atoms with Crippen LogP contribution in [-0.4, -0.2) is 11.6 Å². The zero-order chi connectivity index (χ0) is 15.5. The third-order valence-corrected chi connectivity index (χ3v) is 4.52. The average Bonchev–Trinajstić information content (AvgIpc) is 2.42. The third kappa shape index (κ3) is 1.96. The van der Waals surface area contributed by atoms with Gasteiger partial charge in [-0.3, -0.25) is 9.59 Å². The van der Waals surface area contributed by atoms with Gasteiger partial charge in [0.1, 0.15) is 0 Å². The van der Waals surface area contributed by atoms with Crippen LogP contribution in [0.15, 0.2) is 18.2 Å². The molecule has 7 heteroatoms. The van der Waals surface area contributed by atoms with Gasteiger partial charge in [-0.15, -0.1) is 0 Å². The molecule has 0 atom stereocenters. The molecule has 2 aromatic rings. The van der Waals surface area contributed by atoms with E-state index in [4.69, 9.17) is 52.1 Å². The van der Waals surface area contributed by atoms with Gasteiger partial charge in [0.05, 0.1) is 48.0 Å². The molecule has 0 saturated heterocycles. The van der Waals surface area contributed by atoms with Crippen molar-refractivity contribution in [3.05, 3.63) is 60.5 Å². The Hall–Kier alpha value is -1.26. The highest BCUT2D eigenvalue weighted by atomic mass is 35.5. The Morgan fingerprint density at radius 1 is 0.667 bits per heavy atom. The molecule has 0 heterocycles. The second-order valence-electron chi connectivity index (χ2n) is 4.44. The monoisotopic (exact) mass is 359 g/mol. The number of nitrogen functional groups attached to an aromatic ring is 1. The number of ketones is 2. The maximum atomic E-state index is 12.7. The van der Waals surface area contributed by atoms with Crippen LogP contribution in [0.1, 0.15) is 31.8 Å². The molecule has 21 heavy (non-hydrogen) atoms. The van der Waals surface area contributed by atoms with Crippen LogP contribution in [0.2, 0.25) is 20.1 Å². The Morgan fingerprint density at radius 3 is 1.62 bits per heavy atom. The fraction of sp³-hybridized carbons (Fsp3) is 0. The van der Waals surface area contributed by atoms with E-state index in [0.29, 0.717) is 0 Å². The van der Waals surface area contributed by atoms with Crippen molar-refractivity contribution in [1.29, 1.82) is 0 Å². The third-order valence-electron chi connectivity index (χ3n) is 3.28. The molecule has 0 unspecified atom stereocenters. The summed E-state index contributed by atoms with van der Waals surface area (Å²) in [6, 6.07) is 4.22. The van der Waals surface area contributed by atoms with Crippen LogP contribution in [0, 0.1) is 0 Å². The summed E-state index contributed by atoms with van der Waals surface area (Å²) in [5.41, 5.74) is 5.85. The van der Waals surface area contributed by atoms with Gasteiger partial charge in [-0.25, -0.2) is 0 Å². The van der Waals surface area contributed by atoms with E-state index in [0.717, 1.165) is 0 Å². The Kier molecular flexibility index (Phi) is 3.41. The summed E-state index contributed by atoms with van der Waals surface area (Å²) in [6.07, 6.45) is 0. The quantitative estimate of drug-likeness (QED) is 0.593. The first kappa shape index (κ1) is 14.7. The van der Waals surface area contributed by atoms with E-state index < -0.39 is 11.6 Å². The van der Waals surface area contributed by atoms with E-state index in [1.165, 1.54) is 18.2 Å². The van der Waals surface area contributed by atoms with Gasteiger partial charge in [0, 0.05) is 0 Å². The van der Waals surface area contributed by atoms with Crippen LogP contribution in [0.5, 0.6) is 0 Å². The number of nitrogens with two attached hydrogens (primary N) is 1. The summed E-state index contributed by atoms with van der Waals surface area (Å²) in [7, 11) is 0. The van der Waals surface area contributed by atoms with Gasteiger partial charge in [-0.1, -0.05) is 46.4 Å². The number of hydrogen-bond acceptors (Lipinski definition) is 3. The van der Waals surface area contributed by atoms with E-state index in [1.807, 2.05) is 0 Å². The smallest absolute Gasteiger partial charge is 0.198 e. The SMILES string of the molecule is Nc1c(Cl)cc(Cl)c2c1C(=O)c1c(Cl)ccc(Cl)c1C2=O. The van der Waals surface area contributed by atoms with Crippen molar-refractivity contribution in [3.8, 4) is 0 Å². The number of rotatable bonds is 0. The zero-order valence-electron chi connectivity index (χ0n) is 10.1. The second kappa shape index (κ2) is 4.89. The fourth-order valence-electron chi connectivity index (χ4n) is 2.34. The van der Waals surface area contributed by atoms with Crippen LogP contribution < -0.4 is 5.73 Å². The number of anilines is 1. The van der Waals surface area contributed by atoms with Crippen LogP contribution in [-0.2, 0) is 0 Å². The molecule has 3 rings (SSSR count). The molecule has 0 radical (unpaired) electrons. The minimum atomic E-state index is -0.519. The number of benzene rings is 2. The summed E-state index contributed by atoms with van der Waals surface area (Å²) in [5.74, 6) is -1.02. The average molecular weight is 361 g/mol. The number of carbonyl (C=O) groups is 2. The van der Waals surface area contributed by atoms with Gasteiger partial charge >= 0.3 is 0 Å². The topological polar surface area (TPSA) is 60.2 Å². The van der Waals surface area contributed by atoms with Gasteiger partial charge in [-0.05, 0) is 18.2 Å². The van der Waals surface area contributed by atoms with Crippen molar-refractivity contribution in [3.63, 3.8) is 0 Å². The minimum absolute atomic E-state index is 0.000216. The molecule has 0 spiro atoms. The van der Waals surface area contributed by atoms with Crippen molar-refractivity contribution in [2.45, 2.75) is 0 Å². The lowest BCUT2D eigenvalue weighted by Gasteiger charge is -2.22. The fourth-order valence-corrected chi connectivity index (χ4v) is 3.37. The van der Waals surface area contributed by atoms with E-state index in [1.54, 1.807) is 0 Å². The molecular formula is C14H5Cl4NO2. The van der Waals surface area contributed by atoms with Crippen LogP contribution in [0.4, 0.5) is 5.69 Å². The zero-order valence-corrected chi connectivity index (χ0v) is 13.2. The van der Waals surface area contributed by atoms with E-state index in [9.17, 15) is 9.59 Å². The highest BCUT2D eigenvalue weighted by Crippen LogP contribution is 2.42. The number of hydrogen-bond donors (Lipinski definition) is 1. The molecular weight excluding hydrogens is 356 g/mol. The summed E-state index contributed by atoms with van der Waals surface area (Å²) < 4.78 is 0. The van der Waals surface area contributed by atoms with Crippen molar-refractivity contribution >= 4 is 63.7 Å². The van der Waals surface area contributed by atoms with Gasteiger partial charge < -0.3 is 5.73 Å². The molecule has 1 aliphatic rings. The molecule has 2 N–H and O–H groups in total. The Balaban J connectivity index is 2.47. The maximum absolute atomic E-state index is 12.7. The molecule has 3 nitrogen and oxygen atoms in total. The van der Waals surface area contributed by atoms with Crippen molar-refractivity contribution in [2.24, 2.45) is 0 Å². The molecule has 0 aromatic heterocycles. The Labute approximate surface area is 139 Å². The van der Waals surface area contributed by atoms with Gasteiger partial charge in [0.25, 0.3) is 0 Å². The number of fused-ring (bicyclic) bond motifs is 2. The van der Waals surface area contributed by atoms with Crippen LogP contribution in [0.3, 0.4) is 0 Å². The van der Waals surface area contributed by atoms with E-state index >= 15 is 0 Å². The first-order valence-electron chi connectivity index (χ1n) is 5.69. The van der Waals surface area contributed by atoms with Crippen molar-refractivity contribution in [1.82, 2.24) is 0 Å². The van der Waals surface area contributed by atoms with Gasteiger partial charge in [0.2, 0.25) is 0 Å². The molecule has 106 valence electrons. The molecule has 0 bridgehead atoms. The Morgan fingerprint density at radius 2 is 1.10 bits per heavy atom. The standard InChI is InChI=1S/C14H5Cl4NO2/c15-4-1-2-5(16)9-8(4)13(20)10-6(17)3-7(18)12(19)11(10)14(9)21/h1-3H,19H2. The number of carbonyl (C=O) groups excluding carboxylic acids is 2. The predicted octanol–water partition coefficient (Wildman–Crippen LogP) is 4.66. The molecule has 0 aliphatic heterocycles. The van der Waals surface area contributed by atoms with Gasteiger partial charge in [-0.2, -0.15) is 0 Å². The lowest BCUT2D eigenvalue weighted by molar-refractivity contribution is 0.0980. The molecule has 1 aliphatic carbocycles. The van der Waals surface area contributed by atoms with Crippen molar-refractivity contribution < 1.29 is 9.59 Å².